The van der Waals surface area contributed by atoms with Gasteiger partial charge in [-0.25, -0.2) is 8.42 Å². The van der Waals surface area contributed by atoms with Crippen molar-refractivity contribution in [1.82, 2.24) is 4.47 Å². The maximum Gasteiger partial charge on any atom is 0.265 e. The number of ether oxygens (including phenoxy) is 1. The summed E-state index contributed by atoms with van der Waals surface area (Å²) in [5, 5.41) is 26.6. The molecule has 0 unspecified atom stereocenters. The largest absolute Gasteiger partial charge is 0.870 e. The molecule has 0 bridgehead atoms. The van der Waals surface area contributed by atoms with Gasteiger partial charge in [-0.2, -0.15) is 0 Å². The molecule has 0 aromatic heterocycles. The minimum absolute atomic E-state index is 0.0396. The van der Waals surface area contributed by atoms with E-state index >= 15 is 0 Å². The molecular formula is C25H39ClN4O8S. The Morgan fingerprint density at radius 1 is 1.23 bits per heavy atom. The molecule has 3 rings (SSSR count). The number of aliphatic hydroxyl groups excluding tert-OH is 1. The van der Waals surface area contributed by atoms with Crippen LogP contribution in [0.15, 0.2) is 26.6 Å². The topological polar surface area (TPSA) is 157 Å². The standard InChI is InChI=1S/C20H26ClN3O7S.C5H14NO/c1-5-12(14-9-6-10(2)31-14)22-15-16(19(27)18(15)26)23-13-8-7-11(21)20(17(13)25)32(28,29)24(3)30-4;1-6(2,3)4-5-7/h7-8,10,12,14,22-23,25H,5-6,9H2,1-4H3;7H,4-5H2,1-3H3/q;+1/p-1/t10-,12-,14-;/m1./s1. The molecule has 39 heavy (non-hydrogen) atoms. The first-order chi connectivity index (χ1) is 18.1. The first-order valence-corrected chi connectivity index (χ1v) is 14.4. The van der Waals surface area contributed by atoms with E-state index in [0.29, 0.717) is 10.9 Å². The second kappa shape index (κ2) is 13.4. The van der Waals surface area contributed by atoms with Gasteiger partial charge in [0.05, 0.1) is 63.0 Å². The van der Waals surface area contributed by atoms with Crippen LogP contribution in [0.25, 0.3) is 0 Å². The molecule has 3 atom stereocenters. The summed E-state index contributed by atoms with van der Waals surface area (Å²) >= 11 is 5.98. The molecule has 0 amide bonds. The number of hydrogen-bond donors (Lipinski definition) is 3. The van der Waals surface area contributed by atoms with Crippen molar-refractivity contribution in [3.8, 4) is 5.75 Å². The summed E-state index contributed by atoms with van der Waals surface area (Å²) in [5.41, 5.74) is -1.81. The number of rotatable bonds is 11. The zero-order valence-electron chi connectivity index (χ0n) is 23.4. The SMILES string of the molecule is CC[C@@H](Nc1c(Nc2ccc(Cl)c(S(=O)(=O)N(C)OC)c2[O-])c(=O)c1=O)[C@H]1CC[C@@H](C)O1.C[N+](C)(C)CCO. The predicted molar refractivity (Wildman–Crippen MR) is 149 cm³/mol. The van der Waals surface area contributed by atoms with E-state index in [4.69, 9.17) is 26.3 Å². The highest BCUT2D eigenvalue weighted by Gasteiger charge is 2.32. The van der Waals surface area contributed by atoms with Crippen LogP contribution >= 0.6 is 11.6 Å². The number of likely N-dealkylation sites (N-methyl/N-ethyl adjacent to an activating group) is 1. The second-order valence-corrected chi connectivity index (χ2v) is 12.6. The van der Waals surface area contributed by atoms with E-state index in [1.165, 1.54) is 12.1 Å². The summed E-state index contributed by atoms with van der Waals surface area (Å²) in [7, 11) is 4.04. The summed E-state index contributed by atoms with van der Waals surface area (Å²) in [5.74, 6) is -0.958. The second-order valence-electron chi connectivity index (χ2n) is 10.3. The van der Waals surface area contributed by atoms with Crippen molar-refractivity contribution in [2.45, 2.75) is 56.3 Å². The lowest BCUT2D eigenvalue weighted by atomic mass is 10.0. The lowest BCUT2D eigenvalue weighted by molar-refractivity contribution is -0.870. The normalized spacial score (nSPS) is 18.6. The minimum atomic E-state index is -4.35. The third kappa shape index (κ3) is 7.91. The Morgan fingerprint density at radius 2 is 1.85 bits per heavy atom. The van der Waals surface area contributed by atoms with Crippen LogP contribution < -0.4 is 26.6 Å². The van der Waals surface area contributed by atoms with Gasteiger partial charge in [0.25, 0.3) is 20.9 Å². The van der Waals surface area contributed by atoms with Crippen molar-refractivity contribution >= 4 is 38.7 Å². The number of halogens is 1. The lowest BCUT2D eigenvalue weighted by Gasteiger charge is -2.27. The molecule has 2 aromatic rings. The molecule has 1 fully saturated rings. The van der Waals surface area contributed by atoms with E-state index in [1.54, 1.807) is 0 Å². The van der Waals surface area contributed by atoms with E-state index < -0.39 is 31.5 Å². The fraction of sp³-hybridized carbons (Fsp3) is 0.600. The Hall–Kier alpha value is -2.26. The monoisotopic (exact) mass is 590 g/mol. The predicted octanol–water partition coefficient (Wildman–Crippen LogP) is 1.38. The van der Waals surface area contributed by atoms with Crippen LogP contribution in [0.2, 0.25) is 5.02 Å². The lowest BCUT2D eigenvalue weighted by Crippen LogP contribution is -2.42. The van der Waals surface area contributed by atoms with Crippen LogP contribution in [0.3, 0.4) is 0 Å². The maximum atomic E-state index is 12.9. The first-order valence-electron chi connectivity index (χ1n) is 12.5. The van der Waals surface area contributed by atoms with Gasteiger partial charge in [-0.3, -0.25) is 14.4 Å². The summed E-state index contributed by atoms with van der Waals surface area (Å²) < 4.78 is 32.4. The van der Waals surface area contributed by atoms with Crippen LogP contribution in [0.1, 0.15) is 33.1 Å². The summed E-state index contributed by atoms with van der Waals surface area (Å²) in [6.45, 7) is 5.02. The quantitative estimate of drug-likeness (QED) is 0.198. The molecule has 0 aliphatic carbocycles. The number of anilines is 3. The molecule has 0 radical (unpaired) electrons. The van der Waals surface area contributed by atoms with Crippen LogP contribution in [0.4, 0.5) is 17.1 Å². The van der Waals surface area contributed by atoms with Gasteiger partial charge in [0.2, 0.25) is 0 Å². The molecule has 0 spiro atoms. The number of quaternary nitrogens is 1. The molecule has 2 aromatic carbocycles. The fourth-order valence-corrected chi connectivity index (χ4v) is 5.51. The highest BCUT2D eigenvalue weighted by Crippen LogP contribution is 2.38. The summed E-state index contributed by atoms with van der Waals surface area (Å²) in [4.78, 5) is 28.4. The third-order valence-electron chi connectivity index (χ3n) is 6.34. The summed E-state index contributed by atoms with van der Waals surface area (Å²) in [6.07, 6.45) is 2.37. The highest BCUT2D eigenvalue weighted by atomic mass is 35.5. The average molecular weight is 591 g/mol. The van der Waals surface area contributed by atoms with Crippen molar-refractivity contribution in [3.05, 3.63) is 37.6 Å². The Morgan fingerprint density at radius 3 is 2.31 bits per heavy atom. The van der Waals surface area contributed by atoms with Crippen molar-refractivity contribution in [3.63, 3.8) is 0 Å². The number of sulfonamides is 1. The summed E-state index contributed by atoms with van der Waals surface area (Å²) in [6, 6.07) is 2.26. The van der Waals surface area contributed by atoms with E-state index in [1.807, 2.05) is 13.8 Å². The van der Waals surface area contributed by atoms with Crippen molar-refractivity contribution in [2.75, 3.05) is 59.1 Å². The zero-order chi connectivity index (χ0) is 29.7. The van der Waals surface area contributed by atoms with E-state index in [9.17, 15) is 23.1 Å². The molecule has 1 aliphatic rings. The van der Waals surface area contributed by atoms with Gasteiger partial charge >= 0.3 is 0 Å². The number of hydroxylamine groups is 1. The highest BCUT2D eigenvalue weighted by molar-refractivity contribution is 7.89. The van der Waals surface area contributed by atoms with Gasteiger partial charge in [0.1, 0.15) is 17.9 Å². The van der Waals surface area contributed by atoms with Gasteiger partial charge in [-0.1, -0.05) is 28.7 Å². The van der Waals surface area contributed by atoms with Gasteiger partial charge in [-0.05, 0) is 38.3 Å². The Kier molecular flexibility index (Phi) is 11.3. The smallest absolute Gasteiger partial charge is 0.265 e. The van der Waals surface area contributed by atoms with Crippen molar-refractivity contribution in [2.24, 2.45) is 0 Å². The molecule has 1 aliphatic heterocycles. The molecule has 3 N–H and O–H groups in total. The Labute approximate surface area is 234 Å². The van der Waals surface area contributed by atoms with Crippen molar-refractivity contribution in [1.29, 1.82) is 0 Å². The van der Waals surface area contributed by atoms with Crippen LogP contribution in [0.5, 0.6) is 5.75 Å². The number of nitrogens with zero attached hydrogens (tertiary/aromatic N) is 2. The third-order valence-corrected chi connectivity index (χ3v) is 8.52. The molecule has 12 nitrogen and oxygen atoms in total. The number of nitrogens with one attached hydrogen (secondary N) is 2. The van der Waals surface area contributed by atoms with Crippen LogP contribution in [-0.4, -0.2) is 89.2 Å². The fourth-order valence-electron chi connectivity index (χ4n) is 3.96. The molecular weight excluding hydrogens is 552 g/mol. The minimum Gasteiger partial charge on any atom is -0.870 e. The zero-order valence-corrected chi connectivity index (χ0v) is 25.0. The van der Waals surface area contributed by atoms with Crippen LogP contribution in [-0.2, 0) is 19.6 Å². The van der Waals surface area contributed by atoms with E-state index in [0.717, 1.165) is 38.0 Å². The van der Waals surface area contributed by atoms with Crippen molar-refractivity contribution < 1.29 is 32.7 Å². The van der Waals surface area contributed by atoms with E-state index in [-0.39, 0.29) is 46.9 Å². The number of aliphatic hydroxyl groups is 1. The first kappa shape index (κ1) is 32.9. The number of hydrogen-bond acceptors (Lipinski definition) is 10. The van der Waals surface area contributed by atoms with E-state index in [2.05, 4.69) is 31.8 Å². The van der Waals surface area contributed by atoms with Gasteiger partial charge in [0.15, 0.2) is 0 Å². The molecule has 14 heteroatoms. The molecule has 1 saturated heterocycles. The van der Waals surface area contributed by atoms with Gasteiger partial charge in [-0.15, -0.1) is 0 Å². The number of benzene rings is 1. The van der Waals surface area contributed by atoms with Crippen LogP contribution in [0, 0.1) is 0 Å². The average Bonchev–Trinajstić information content (AvgIpc) is 3.29. The van der Waals surface area contributed by atoms with Gasteiger partial charge in [0, 0.05) is 12.7 Å². The Bertz CT molecular complexity index is 1300. The molecule has 220 valence electrons. The Balaban J connectivity index is 0.000000673. The maximum absolute atomic E-state index is 12.9. The molecule has 1 heterocycles. The molecule has 0 saturated carbocycles. The van der Waals surface area contributed by atoms with Gasteiger partial charge < -0.3 is 30.1 Å².